The number of hydrogen-bond donors (Lipinski definition) is 3. The Labute approximate surface area is 218 Å². The van der Waals surface area contributed by atoms with E-state index in [1.807, 2.05) is 20.8 Å². The van der Waals surface area contributed by atoms with E-state index in [9.17, 15) is 14.4 Å². The Bertz CT molecular complexity index is 1300. The molecule has 0 saturated heterocycles. The van der Waals surface area contributed by atoms with Crippen molar-refractivity contribution < 1.29 is 14.3 Å². The number of hydrogen-bond acceptors (Lipinski definition) is 7. The van der Waals surface area contributed by atoms with Gasteiger partial charge in [0.15, 0.2) is 6.61 Å². The summed E-state index contributed by atoms with van der Waals surface area (Å²) in [6.07, 6.45) is 1.58. The van der Waals surface area contributed by atoms with Crippen LogP contribution in [-0.4, -0.2) is 34.6 Å². The van der Waals surface area contributed by atoms with Gasteiger partial charge in [-0.25, -0.2) is 9.66 Å². The SMILES string of the molecule is CCNC(=O)COc1ccc(Cl)cc1CNC(=O)Cc1c(C)ccn(NCc2sc(C)nc2C)c1=O. The molecule has 0 atom stereocenters. The molecule has 2 aromatic heterocycles. The molecule has 36 heavy (non-hydrogen) atoms. The molecule has 3 rings (SSSR count). The van der Waals surface area contributed by atoms with E-state index in [4.69, 9.17) is 16.3 Å². The lowest BCUT2D eigenvalue weighted by Crippen LogP contribution is -2.34. The van der Waals surface area contributed by atoms with Gasteiger partial charge in [-0.1, -0.05) is 11.6 Å². The molecule has 0 bridgehead atoms. The maximum atomic E-state index is 13.0. The van der Waals surface area contributed by atoms with Gasteiger partial charge in [0.05, 0.1) is 23.7 Å². The number of rotatable bonds is 11. The van der Waals surface area contributed by atoms with Gasteiger partial charge in [-0.2, -0.15) is 0 Å². The predicted octanol–water partition coefficient (Wildman–Crippen LogP) is 3.00. The molecule has 0 aliphatic rings. The molecule has 3 N–H and O–H groups in total. The topological polar surface area (TPSA) is 114 Å². The van der Waals surface area contributed by atoms with Gasteiger partial charge in [-0.05, 0) is 57.5 Å². The summed E-state index contributed by atoms with van der Waals surface area (Å²) in [6, 6.07) is 6.77. The van der Waals surface area contributed by atoms with Gasteiger partial charge >= 0.3 is 0 Å². The summed E-state index contributed by atoms with van der Waals surface area (Å²) in [5, 5.41) is 6.92. The number of likely N-dealkylation sites (N-methyl/N-ethyl adjacent to an activating group) is 1. The Morgan fingerprint density at radius 2 is 1.89 bits per heavy atom. The van der Waals surface area contributed by atoms with Crippen molar-refractivity contribution >= 4 is 34.8 Å². The van der Waals surface area contributed by atoms with Gasteiger partial charge < -0.3 is 20.8 Å². The third kappa shape index (κ3) is 7.32. The molecule has 192 valence electrons. The van der Waals surface area contributed by atoms with Crippen LogP contribution in [0, 0.1) is 20.8 Å². The Balaban J connectivity index is 1.65. The standard InChI is InChI=1S/C25H30ClN5O4S/c1-5-27-24(33)14-35-21-7-6-19(26)10-18(21)12-28-23(32)11-20-15(2)8-9-31(25(20)34)29-13-22-16(3)30-17(4)36-22/h6-10,29H,5,11-14H2,1-4H3,(H,27,33)(H,28,32). The molecule has 0 unspecified atom stereocenters. The molecule has 0 fully saturated rings. The third-order valence-electron chi connectivity index (χ3n) is 5.40. The predicted molar refractivity (Wildman–Crippen MR) is 141 cm³/mol. The molecular formula is C25H30ClN5O4S. The fourth-order valence-corrected chi connectivity index (χ4v) is 4.60. The van der Waals surface area contributed by atoms with Gasteiger partial charge in [0.25, 0.3) is 11.5 Å². The van der Waals surface area contributed by atoms with Crippen LogP contribution >= 0.6 is 22.9 Å². The van der Waals surface area contributed by atoms with Crippen LogP contribution in [0.2, 0.25) is 5.02 Å². The summed E-state index contributed by atoms with van der Waals surface area (Å²) in [5.41, 5.74) is 5.51. The number of thiazole rings is 1. The minimum absolute atomic E-state index is 0.0818. The molecule has 3 aromatic rings. The van der Waals surface area contributed by atoms with Crippen LogP contribution in [0.25, 0.3) is 0 Å². The van der Waals surface area contributed by atoms with Gasteiger partial charge in [-0.15, -0.1) is 11.3 Å². The van der Waals surface area contributed by atoms with Crippen LogP contribution in [0.4, 0.5) is 0 Å². The molecular weight excluding hydrogens is 502 g/mol. The molecule has 0 spiro atoms. The molecule has 1 aromatic carbocycles. The number of pyridine rings is 1. The number of nitrogens with one attached hydrogen (secondary N) is 3. The van der Waals surface area contributed by atoms with E-state index in [0.717, 1.165) is 21.1 Å². The van der Waals surface area contributed by atoms with Crippen molar-refractivity contribution in [2.45, 2.75) is 47.2 Å². The lowest BCUT2D eigenvalue weighted by atomic mass is 10.1. The van der Waals surface area contributed by atoms with E-state index in [-0.39, 0.29) is 36.9 Å². The number of amides is 2. The van der Waals surface area contributed by atoms with E-state index in [2.05, 4.69) is 21.0 Å². The summed E-state index contributed by atoms with van der Waals surface area (Å²) in [5.74, 6) is -0.119. The quantitative estimate of drug-likeness (QED) is 0.350. The van der Waals surface area contributed by atoms with Crippen molar-refractivity contribution in [1.82, 2.24) is 20.3 Å². The van der Waals surface area contributed by atoms with E-state index in [1.165, 1.54) is 4.68 Å². The minimum Gasteiger partial charge on any atom is -0.483 e. The van der Waals surface area contributed by atoms with E-state index >= 15 is 0 Å². The summed E-state index contributed by atoms with van der Waals surface area (Å²) < 4.78 is 6.99. The summed E-state index contributed by atoms with van der Waals surface area (Å²) in [4.78, 5) is 43.0. The number of aryl methyl sites for hydroxylation is 3. The fraction of sp³-hybridized carbons (Fsp3) is 0.360. The van der Waals surface area contributed by atoms with Gasteiger partial charge in [0.1, 0.15) is 5.75 Å². The second-order valence-electron chi connectivity index (χ2n) is 8.18. The van der Waals surface area contributed by atoms with Crippen molar-refractivity contribution in [2.75, 3.05) is 18.6 Å². The molecule has 9 nitrogen and oxygen atoms in total. The maximum Gasteiger partial charge on any atom is 0.272 e. The van der Waals surface area contributed by atoms with E-state index in [0.29, 0.717) is 35.0 Å². The minimum atomic E-state index is -0.323. The third-order valence-corrected chi connectivity index (χ3v) is 6.71. The number of carbonyl (C=O) groups is 2. The number of ether oxygens (including phenoxy) is 1. The molecule has 0 radical (unpaired) electrons. The van der Waals surface area contributed by atoms with Gasteiger partial charge in [0.2, 0.25) is 5.91 Å². The van der Waals surface area contributed by atoms with Crippen LogP contribution in [0.3, 0.4) is 0 Å². The van der Waals surface area contributed by atoms with Gasteiger partial charge in [0, 0.05) is 40.3 Å². The monoisotopic (exact) mass is 531 g/mol. The summed E-state index contributed by atoms with van der Waals surface area (Å²) in [6.45, 7) is 8.45. The van der Waals surface area contributed by atoms with Crippen LogP contribution in [-0.2, 0) is 29.1 Å². The highest BCUT2D eigenvalue weighted by molar-refractivity contribution is 7.11. The first-order valence-corrected chi connectivity index (χ1v) is 12.7. The lowest BCUT2D eigenvalue weighted by molar-refractivity contribution is -0.123. The summed E-state index contributed by atoms with van der Waals surface area (Å²) >= 11 is 7.69. The molecule has 0 aliphatic heterocycles. The average Bonchev–Trinajstić information content (AvgIpc) is 3.16. The van der Waals surface area contributed by atoms with Crippen molar-refractivity contribution in [3.63, 3.8) is 0 Å². The first kappa shape index (κ1) is 27.2. The number of aromatic nitrogens is 2. The largest absolute Gasteiger partial charge is 0.483 e. The zero-order chi connectivity index (χ0) is 26.2. The molecule has 11 heteroatoms. The zero-order valence-electron chi connectivity index (χ0n) is 20.7. The molecule has 2 heterocycles. The van der Waals surface area contributed by atoms with E-state index in [1.54, 1.807) is 48.7 Å². The number of benzene rings is 1. The van der Waals surface area contributed by atoms with Crippen LogP contribution in [0.5, 0.6) is 5.75 Å². The molecule has 0 saturated carbocycles. The maximum absolute atomic E-state index is 13.0. The Morgan fingerprint density at radius 1 is 1.11 bits per heavy atom. The lowest BCUT2D eigenvalue weighted by Gasteiger charge is -2.14. The van der Waals surface area contributed by atoms with Crippen LogP contribution < -0.4 is 26.4 Å². The Morgan fingerprint density at radius 3 is 2.58 bits per heavy atom. The van der Waals surface area contributed by atoms with Crippen molar-refractivity contribution in [2.24, 2.45) is 0 Å². The van der Waals surface area contributed by atoms with Gasteiger partial charge in [-0.3, -0.25) is 14.4 Å². The second-order valence-corrected chi connectivity index (χ2v) is 9.90. The Hall–Kier alpha value is -3.37. The second kappa shape index (κ2) is 12.5. The number of nitrogens with zero attached hydrogens (tertiary/aromatic N) is 2. The average molecular weight is 532 g/mol. The molecule has 2 amide bonds. The van der Waals surface area contributed by atoms with Crippen molar-refractivity contribution in [3.05, 3.63) is 78.1 Å². The first-order chi connectivity index (χ1) is 17.2. The highest BCUT2D eigenvalue weighted by Gasteiger charge is 2.14. The molecule has 0 aliphatic carbocycles. The first-order valence-electron chi connectivity index (χ1n) is 11.5. The highest BCUT2D eigenvalue weighted by Crippen LogP contribution is 2.23. The highest BCUT2D eigenvalue weighted by atomic mass is 35.5. The van der Waals surface area contributed by atoms with Crippen LogP contribution in [0.1, 0.15) is 39.2 Å². The van der Waals surface area contributed by atoms with Crippen molar-refractivity contribution in [3.8, 4) is 5.75 Å². The Kier molecular flexibility index (Phi) is 9.49. The van der Waals surface area contributed by atoms with E-state index < -0.39 is 0 Å². The number of halogens is 1. The van der Waals surface area contributed by atoms with Crippen LogP contribution in [0.15, 0.2) is 35.3 Å². The normalized spacial score (nSPS) is 10.7. The summed E-state index contributed by atoms with van der Waals surface area (Å²) in [7, 11) is 0. The number of carbonyl (C=O) groups excluding carboxylic acids is 2. The zero-order valence-corrected chi connectivity index (χ0v) is 22.3. The van der Waals surface area contributed by atoms with Crippen molar-refractivity contribution in [1.29, 1.82) is 0 Å². The fourth-order valence-electron chi connectivity index (χ4n) is 3.54. The smallest absolute Gasteiger partial charge is 0.272 e.